The van der Waals surface area contributed by atoms with E-state index in [1.807, 2.05) is 14.1 Å². The highest BCUT2D eigenvalue weighted by Gasteiger charge is 2.16. The van der Waals surface area contributed by atoms with E-state index in [0.717, 1.165) is 5.69 Å². The molecule has 0 unspecified atom stereocenters. The first-order valence-electron chi connectivity index (χ1n) is 6.15. The summed E-state index contributed by atoms with van der Waals surface area (Å²) in [6.45, 7) is 5.64. The number of aromatic nitrogens is 2. The maximum absolute atomic E-state index is 11.8. The van der Waals surface area contributed by atoms with Gasteiger partial charge in [-0.1, -0.05) is 0 Å². The van der Waals surface area contributed by atoms with E-state index in [4.69, 9.17) is 4.74 Å². The van der Waals surface area contributed by atoms with Gasteiger partial charge in [-0.15, -0.1) is 0 Å². The minimum Gasteiger partial charge on any atom is -0.460 e. The van der Waals surface area contributed by atoms with Crippen molar-refractivity contribution in [3.05, 3.63) is 22.6 Å². The number of hydrogen-bond acceptors (Lipinski definition) is 5. The van der Waals surface area contributed by atoms with E-state index in [0.29, 0.717) is 0 Å². The van der Waals surface area contributed by atoms with Gasteiger partial charge in [0.1, 0.15) is 5.60 Å². The summed E-state index contributed by atoms with van der Waals surface area (Å²) in [4.78, 5) is 25.1. The molecule has 0 aliphatic carbocycles. The van der Waals surface area contributed by atoms with Crippen molar-refractivity contribution in [2.45, 2.75) is 39.3 Å². The molecule has 0 spiro atoms. The Balaban J connectivity index is 2.64. The lowest BCUT2D eigenvalue weighted by Gasteiger charge is -2.19. The van der Waals surface area contributed by atoms with Gasteiger partial charge in [-0.3, -0.25) is 9.59 Å². The molecule has 0 aliphatic rings. The molecule has 0 radical (unpaired) electrons. The van der Waals surface area contributed by atoms with Gasteiger partial charge in [-0.2, -0.15) is 5.10 Å². The molecule has 0 bridgehead atoms. The van der Waals surface area contributed by atoms with Crippen LogP contribution in [0.1, 0.15) is 27.2 Å². The first-order valence-corrected chi connectivity index (χ1v) is 6.15. The fourth-order valence-corrected chi connectivity index (χ4v) is 1.43. The van der Waals surface area contributed by atoms with Gasteiger partial charge in [0.2, 0.25) is 0 Å². The lowest BCUT2D eigenvalue weighted by molar-refractivity contribution is -0.155. The van der Waals surface area contributed by atoms with Crippen LogP contribution in [0.4, 0.5) is 5.69 Å². The fourth-order valence-electron chi connectivity index (χ4n) is 1.43. The summed E-state index contributed by atoms with van der Waals surface area (Å²) >= 11 is 0. The van der Waals surface area contributed by atoms with E-state index in [1.165, 1.54) is 10.7 Å². The minimum absolute atomic E-state index is 0.130. The van der Waals surface area contributed by atoms with Crippen molar-refractivity contribution in [1.29, 1.82) is 0 Å². The molecule has 0 aromatic carbocycles. The van der Waals surface area contributed by atoms with Crippen molar-refractivity contribution in [1.82, 2.24) is 9.78 Å². The Morgan fingerprint density at radius 2 is 2.05 bits per heavy atom. The summed E-state index contributed by atoms with van der Waals surface area (Å²) in [7, 11) is 3.67. The molecular weight excluding hydrogens is 246 g/mol. The number of nitrogens with zero attached hydrogens (tertiary/aromatic N) is 3. The second kappa shape index (κ2) is 5.86. The Bertz CT molecular complexity index is 501. The predicted octanol–water partition coefficient (Wildman–Crippen LogP) is 1.04. The highest BCUT2D eigenvalue weighted by molar-refractivity contribution is 5.69. The lowest BCUT2D eigenvalue weighted by Crippen LogP contribution is -2.28. The van der Waals surface area contributed by atoms with Crippen LogP contribution in [0.25, 0.3) is 0 Å². The summed E-state index contributed by atoms with van der Waals surface area (Å²) in [6.07, 6.45) is 1.72. The first kappa shape index (κ1) is 15.2. The lowest BCUT2D eigenvalue weighted by atomic mass is 10.2. The van der Waals surface area contributed by atoms with Crippen molar-refractivity contribution < 1.29 is 9.53 Å². The molecule has 1 aromatic heterocycles. The van der Waals surface area contributed by atoms with E-state index in [2.05, 4.69) is 5.10 Å². The van der Waals surface area contributed by atoms with Crippen molar-refractivity contribution in [2.24, 2.45) is 0 Å². The Morgan fingerprint density at radius 3 is 2.53 bits per heavy atom. The average molecular weight is 267 g/mol. The van der Waals surface area contributed by atoms with Crippen LogP contribution in [0.2, 0.25) is 0 Å². The van der Waals surface area contributed by atoms with Crippen LogP contribution in [0.15, 0.2) is 17.1 Å². The number of hydrogen-bond donors (Lipinski definition) is 0. The smallest absolute Gasteiger partial charge is 0.308 e. The van der Waals surface area contributed by atoms with Crippen LogP contribution < -0.4 is 10.5 Å². The van der Waals surface area contributed by atoms with E-state index >= 15 is 0 Å². The molecule has 0 N–H and O–H groups in total. The number of carbonyl (C=O) groups excluding carboxylic acids is 1. The van der Waals surface area contributed by atoms with Crippen molar-refractivity contribution >= 4 is 11.7 Å². The summed E-state index contributed by atoms with van der Waals surface area (Å²) in [5, 5.41) is 4.02. The number of rotatable bonds is 4. The largest absolute Gasteiger partial charge is 0.460 e. The number of carbonyl (C=O) groups is 1. The van der Waals surface area contributed by atoms with Crippen molar-refractivity contribution in [3.63, 3.8) is 0 Å². The predicted molar refractivity (Wildman–Crippen MR) is 73.3 cm³/mol. The van der Waals surface area contributed by atoms with Crippen LogP contribution in [-0.2, 0) is 16.1 Å². The van der Waals surface area contributed by atoms with Crippen LogP contribution in [-0.4, -0.2) is 35.4 Å². The van der Waals surface area contributed by atoms with E-state index in [-0.39, 0.29) is 24.5 Å². The summed E-state index contributed by atoms with van der Waals surface area (Å²) < 4.78 is 6.43. The van der Waals surface area contributed by atoms with E-state index < -0.39 is 5.60 Å². The molecule has 6 nitrogen and oxygen atoms in total. The number of ether oxygens (including phenoxy) is 1. The molecule has 0 saturated carbocycles. The number of anilines is 1. The molecule has 6 heteroatoms. The maximum atomic E-state index is 11.8. The Labute approximate surface area is 113 Å². The van der Waals surface area contributed by atoms with Crippen LogP contribution in [0.3, 0.4) is 0 Å². The highest BCUT2D eigenvalue weighted by atomic mass is 16.6. The number of esters is 1. The van der Waals surface area contributed by atoms with Crippen LogP contribution in [0.5, 0.6) is 0 Å². The molecule has 1 aromatic rings. The minimum atomic E-state index is -0.510. The van der Waals surface area contributed by atoms with Gasteiger partial charge < -0.3 is 9.64 Å². The normalized spacial score (nSPS) is 11.2. The van der Waals surface area contributed by atoms with Crippen LogP contribution >= 0.6 is 0 Å². The molecule has 0 amide bonds. The monoisotopic (exact) mass is 267 g/mol. The topological polar surface area (TPSA) is 64.4 Å². The standard InChI is InChI=1S/C13H21N3O3/c1-13(2,3)19-12(18)6-7-16-11(17)8-10(9-14-16)15(4)5/h8-9H,6-7H2,1-5H3. The first-order chi connectivity index (χ1) is 8.69. The zero-order chi connectivity index (χ0) is 14.6. The fraction of sp³-hybridized carbons (Fsp3) is 0.615. The second-order valence-corrected chi connectivity index (χ2v) is 5.51. The summed E-state index contributed by atoms with van der Waals surface area (Å²) in [5.41, 5.74) is -0.00201. The Kier molecular flexibility index (Phi) is 4.69. The van der Waals surface area contributed by atoms with Crippen molar-refractivity contribution in [2.75, 3.05) is 19.0 Å². The summed E-state index contributed by atoms with van der Waals surface area (Å²) in [6, 6.07) is 1.49. The molecule has 0 saturated heterocycles. The van der Waals surface area contributed by atoms with E-state index in [1.54, 1.807) is 31.9 Å². The quantitative estimate of drug-likeness (QED) is 0.763. The van der Waals surface area contributed by atoms with Crippen LogP contribution in [0, 0.1) is 0 Å². The van der Waals surface area contributed by atoms with Gasteiger partial charge in [-0.05, 0) is 20.8 Å². The third kappa shape index (κ3) is 5.11. The summed E-state index contributed by atoms with van der Waals surface area (Å²) in [5.74, 6) is -0.335. The van der Waals surface area contributed by atoms with Gasteiger partial charge >= 0.3 is 5.97 Å². The highest BCUT2D eigenvalue weighted by Crippen LogP contribution is 2.08. The molecule has 1 heterocycles. The molecule has 106 valence electrons. The number of aryl methyl sites for hydroxylation is 1. The Hall–Kier alpha value is -1.85. The van der Waals surface area contributed by atoms with Gasteiger partial charge in [0.05, 0.1) is 24.8 Å². The zero-order valence-electron chi connectivity index (χ0n) is 12.1. The average Bonchev–Trinajstić information content (AvgIpc) is 2.24. The molecular formula is C13H21N3O3. The molecule has 19 heavy (non-hydrogen) atoms. The van der Waals surface area contributed by atoms with E-state index in [9.17, 15) is 9.59 Å². The third-order valence-electron chi connectivity index (χ3n) is 2.32. The Morgan fingerprint density at radius 1 is 1.42 bits per heavy atom. The molecule has 0 fully saturated rings. The zero-order valence-corrected chi connectivity index (χ0v) is 12.1. The van der Waals surface area contributed by atoms with Gasteiger partial charge in [0.15, 0.2) is 0 Å². The van der Waals surface area contributed by atoms with Crippen molar-refractivity contribution in [3.8, 4) is 0 Å². The SMILES string of the molecule is CN(C)c1cnn(CCC(=O)OC(C)(C)C)c(=O)c1. The second-order valence-electron chi connectivity index (χ2n) is 5.51. The molecule has 0 atom stereocenters. The van der Waals surface area contributed by atoms with Gasteiger partial charge in [0.25, 0.3) is 5.56 Å². The van der Waals surface area contributed by atoms with Gasteiger partial charge in [0, 0.05) is 20.2 Å². The molecule has 1 rings (SSSR count). The maximum Gasteiger partial charge on any atom is 0.308 e. The molecule has 0 aliphatic heterocycles. The third-order valence-corrected chi connectivity index (χ3v) is 2.32. The van der Waals surface area contributed by atoms with Gasteiger partial charge in [-0.25, -0.2) is 4.68 Å².